The molecule has 0 atom stereocenters. The molecule has 0 radical (unpaired) electrons. The van der Waals surface area contributed by atoms with Gasteiger partial charge in [0.1, 0.15) is 0 Å². The largest absolute Gasteiger partial charge is 0.484 e. The maximum atomic E-state index is 5.94. The van der Waals surface area contributed by atoms with Gasteiger partial charge in [0.25, 0.3) is 0 Å². The van der Waals surface area contributed by atoms with E-state index in [0.717, 1.165) is 11.7 Å². The molecule has 0 aliphatic rings. The van der Waals surface area contributed by atoms with Crippen molar-refractivity contribution in [3.63, 3.8) is 0 Å². The summed E-state index contributed by atoms with van der Waals surface area (Å²) in [6, 6.07) is 8.83. The standard InChI is InChI=1S/C18H22OS2/c1-2-3-4-5-6-7-11-19-17-13-14-8-9-16-15(10-12-20-16)18(14)21-17/h8-10,12-13H,2-7,11H2,1H3. The molecule has 2 heterocycles. The second-order valence-corrected chi connectivity index (χ2v) is 7.46. The van der Waals surface area contributed by atoms with E-state index >= 15 is 0 Å². The lowest BCUT2D eigenvalue weighted by molar-refractivity contribution is 0.313. The van der Waals surface area contributed by atoms with Crippen molar-refractivity contribution in [1.82, 2.24) is 0 Å². The molecule has 3 aromatic rings. The zero-order valence-corrected chi connectivity index (χ0v) is 14.2. The van der Waals surface area contributed by atoms with E-state index in [4.69, 9.17) is 4.74 Å². The van der Waals surface area contributed by atoms with Crippen LogP contribution in [0.3, 0.4) is 0 Å². The van der Waals surface area contributed by atoms with Crippen molar-refractivity contribution in [2.45, 2.75) is 45.4 Å². The van der Waals surface area contributed by atoms with Crippen LogP contribution in [-0.4, -0.2) is 6.61 Å². The highest BCUT2D eigenvalue weighted by molar-refractivity contribution is 7.23. The van der Waals surface area contributed by atoms with Crippen LogP contribution in [-0.2, 0) is 0 Å². The molecule has 1 nitrogen and oxygen atoms in total. The summed E-state index contributed by atoms with van der Waals surface area (Å²) in [6.07, 6.45) is 7.86. The van der Waals surface area contributed by atoms with Gasteiger partial charge in [0.15, 0.2) is 5.06 Å². The average Bonchev–Trinajstić information content (AvgIpc) is 3.11. The fraction of sp³-hybridized carbons (Fsp3) is 0.444. The fourth-order valence-corrected chi connectivity index (χ4v) is 4.57. The molecule has 0 bridgehead atoms. The first-order chi connectivity index (χ1) is 10.4. The first-order valence-electron chi connectivity index (χ1n) is 7.91. The van der Waals surface area contributed by atoms with Crippen molar-refractivity contribution in [1.29, 1.82) is 0 Å². The molecule has 1 aromatic carbocycles. The summed E-state index contributed by atoms with van der Waals surface area (Å²) < 4.78 is 8.68. The number of hydrogen-bond acceptors (Lipinski definition) is 3. The van der Waals surface area contributed by atoms with Crippen LogP contribution in [0.5, 0.6) is 5.06 Å². The molecular weight excluding hydrogens is 296 g/mol. The van der Waals surface area contributed by atoms with Gasteiger partial charge >= 0.3 is 0 Å². The summed E-state index contributed by atoms with van der Waals surface area (Å²) in [5.41, 5.74) is 0. The molecule has 3 rings (SSSR count). The third-order valence-electron chi connectivity index (χ3n) is 3.83. The quantitative estimate of drug-likeness (QED) is 0.412. The van der Waals surface area contributed by atoms with Gasteiger partial charge in [0.2, 0.25) is 0 Å². The Balaban J connectivity index is 1.55. The van der Waals surface area contributed by atoms with Gasteiger partial charge in [0.05, 0.1) is 6.61 Å². The smallest absolute Gasteiger partial charge is 0.174 e. The van der Waals surface area contributed by atoms with Crippen LogP contribution in [0.1, 0.15) is 45.4 Å². The van der Waals surface area contributed by atoms with Gasteiger partial charge in [-0.2, -0.15) is 0 Å². The maximum absolute atomic E-state index is 5.94. The second-order valence-electron chi connectivity index (χ2n) is 5.50. The van der Waals surface area contributed by atoms with E-state index in [1.165, 1.54) is 58.7 Å². The van der Waals surface area contributed by atoms with Crippen LogP contribution in [0.25, 0.3) is 20.2 Å². The third kappa shape index (κ3) is 3.58. The predicted octanol–water partition coefficient (Wildman–Crippen LogP) is 6.86. The van der Waals surface area contributed by atoms with Crippen LogP contribution in [0.4, 0.5) is 0 Å². The highest BCUT2D eigenvalue weighted by atomic mass is 32.1. The third-order valence-corrected chi connectivity index (χ3v) is 5.81. The fourth-order valence-electron chi connectivity index (χ4n) is 2.65. The van der Waals surface area contributed by atoms with Gasteiger partial charge in [-0.25, -0.2) is 0 Å². The zero-order valence-electron chi connectivity index (χ0n) is 12.6. The van der Waals surface area contributed by atoms with Gasteiger partial charge in [-0.05, 0) is 35.4 Å². The maximum Gasteiger partial charge on any atom is 0.174 e. The molecule has 0 spiro atoms. The monoisotopic (exact) mass is 318 g/mol. The molecule has 2 aromatic heterocycles. The minimum Gasteiger partial charge on any atom is -0.484 e. The van der Waals surface area contributed by atoms with E-state index in [0.29, 0.717) is 0 Å². The number of ether oxygens (including phenoxy) is 1. The lowest BCUT2D eigenvalue weighted by atomic mass is 10.1. The lowest BCUT2D eigenvalue weighted by Crippen LogP contribution is -1.95. The first-order valence-corrected chi connectivity index (χ1v) is 9.60. The Morgan fingerprint density at radius 2 is 1.86 bits per heavy atom. The van der Waals surface area contributed by atoms with Gasteiger partial charge in [-0.3, -0.25) is 0 Å². The molecule has 0 fully saturated rings. The van der Waals surface area contributed by atoms with Crippen molar-refractivity contribution >= 4 is 42.8 Å². The van der Waals surface area contributed by atoms with Gasteiger partial charge in [0, 0.05) is 14.8 Å². The van der Waals surface area contributed by atoms with Crippen LogP contribution < -0.4 is 4.74 Å². The van der Waals surface area contributed by atoms with E-state index in [1.54, 1.807) is 11.3 Å². The highest BCUT2D eigenvalue weighted by Crippen LogP contribution is 2.38. The van der Waals surface area contributed by atoms with Gasteiger partial charge in [-0.1, -0.05) is 56.4 Å². The van der Waals surface area contributed by atoms with Crippen molar-refractivity contribution in [2.75, 3.05) is 6.61 Å². The average molecular weight is 319 g/mol. The zero-order chi connectivity index (χ0) is 14.5. The summed E-state index contributed by atoms with van der Waals surface area (Å²) in [7, 11) is 0. The Morgan fingerprint density at radius 3 is 2.76 bits per heavy atom. The number of rotatable bonds is 8. The topological polar surface area (TPSA) is 9.23 Å². The number of benzene rings is 1. The Kier molecular flexibility index (Phi) is 5.15. The van der Waals surface area contributed by atoms with Crippen LogP contribution in [0, 0.1) is 0 Å². The van der Waals surface area contributed by atoms with E-state index in [-0.39, 0.29) is 0 Å². The Labute approximate surface area is 134 Å². The number of thiophene rings is 2. The number of unbranched alkanes of at least 4 members (excludes halogenated alkanes) is 5. The lowest BCUT2D eigenvalue weighted by Gasteiger charge is -2.02. The van der Waals surface area contributed by atoms with Crippen molar-refractivity contribution in [3.05, 3.63) is 29.6 Å². The van der Waals surface area contributed by atoms with Crippen LogP contribution >= 0.6 is 22.7 Å². The van der Waals surface area contributed by atoms with Crippen LogP contribution in [0.15, 0.2) is 29.6 Å². The second kappa shape index (κ2) is 7.28. The minimum absolute atomic E-state index is 0.853. The summed E-state index contributed by atoms with van der Waals surface area (Å²) in [4.78, 5) is 0. The Hall–Kier alpha value is -1.06. The Bertz CT molecular complexity index is 695. The van der Waals surface area contributed by atoms with Crippen molar-refractivity contribution < 1.29 is 4.74 Å². The number of fused-ring (bicyclic) bond motifs is 3. The molecule has 21 heavy (non-hydrogen) atoms. The van der Waals surface area contributed by atoms with E-state index in [2.05, 4.69) is 36.6 Å². The van der Waals surface area contributed by atoms with E-state index in [1.807, 2.05) is 11.3 Å². The SMILES string of the molecule is CCCCCCCCOc1cc2ccc3sccc3c2s1. The predicted molar refractivity (Wildman–Crippen MR) is 96.1 cm³/mol. The molecule has 0 amide bonds. The van der Waals surface area contributed by atoms with Crippen molar-refractivity contribution in [3.8, 4) is 5.06 Å². The molecular formula is C18H22OS2. The summed E-state index contributed by atoms with van der Waals surface area (Å²) in [5.74, 6) is 0. The molecule has 3 heteroatoms. The molecule has 0 aliphatic carbocycles. The molecule has 0 aliphatic heterocycles. The van der Waals surface area contributed by atoms with E-state index in [9.17, 15) is 0 Å². The molecule has 0 N–H and O–H groups in total. The minimum atomic E-state index is 0.853. The molecule has 112 valence electrons. The Morgan fingerprint density at radius 1 is 1.00 bits per heavy atom. The molecule has 0 saturated heterocycles. The summed E-state index contributed by atoms with van der Waals surface area (Å²) >= 11 is 3.60. The summed E-state index contributed by atoms with van der Waals surface area (Å²) in [5, 5.41) is 5.92. The first kappa shape index (κ1) is 14.9. The molecule has 0 saturated carbocycles. The van der Waals surface area contributed by atoms with Crippen LogP contribution in [0.2, 0.25) is 0 Å². The van der Waals surface area contributed by atoms with Gasteiger partial charge in [-0.15, -0.1) is 11.3 Å². The van der Waals surface area contributed by atoms with E-state index < -0.39 is 0 Å². The normalized spacial score (nSPS) is 11.5. The molecule has 0 unspecified atom stereocenters. The number of hydrogen-bond donors (Lipinski definition) is 0. The summed E-state index contributed by atoms with van der Waals surface area (Å²) in [6.45, 7) is 3.11. The van der Waals surface area contributed by atoms with Gasteiger partial charge < -0.3 is 4.74 Å². The van der Waals surface area contributed by atoms with Crippen molar-refractivity contribution in [2.24, 2.45) is 0 Å². The highest BCUT2D eigenvalue weighted by Gasteiger charge is 2.07.